The number of amides is 3. The van der Waals surface area contributed by atoms with Crippen LogP contribution in [0.5, 0.6) is 0 Å². The third kappa shape index (κ3) is 5.79. The molecule has 222 valence electrons. The van der Waals surface area contributed by atoms with Gasteiger partial charge in [0.05, 0.1) is 17.8 Å². The zero-order valence-corrected chi connectivity index (χ0v) is 23.5. The van der Waals surface area contributed by atoms with Gasteiger partial charge in [0.25, 0.3) is 11.8 Å². The highest BCUT2D eigenvalue weighted by Gasteiger charge is 2.58. The van der Waals surface area contributed by atoms with Gasteiger partial charge in [-0.05, 0) is 72.9 Å². The molecule has 1 atom stereocenters. The number of fused-ring (bicyclic) bond motifs is 1. The number of Topliss-reactive ketones (excluding diaryl/α,β-unsaturated/α-hetero) is 1. The van der Waals surface area contributed by atoms with E-state index >= 15 is 0 Å². The largest absolute Gasteiger partial charge is 0.342 e. The van der Waals surface area contributed by atoms with Crippen molar-refractivity contribution >= 4 is 34.9 Å². The van der Waals surface area contributed by atoms with Crippen molar-refractivity contribution in [3.8, 4) is 0 Å². The highest BCUT2D eigenvalue weighted by atomic mass is 19.1. The minimum Gasteiger partial charge on any atom is -0.342 e. The summed E-state index contributed by atoms with van der Waals surface area (Å²) < 4.78 is 27.6. The van der Waals surface area contributed by atoms with Crippen LogP contribution in [-0.4, -0.2) is 42.1 Å². The predicted octanol–water partition coefficient (Wildman–Crippen LogP) is 3.83. The molecule has 3 aromatic carbocycles. The van der Waals surface area contributed by atoms with Crippen LogP contribution in [0.1, 0.15) is 42.9 Å². The molecule has 3 aromatic rings. The Hall–Kier alpha value is -4.44. The molecule has 3 aliphatic rings. The third-order valence-corrected chi connectivity index (χ3v) is 8.28. The fraction of sp³-hybridized carbons (Fsp3) is 0.333. The number of nitrogens with two attached hydrogens (primary N) is 1. The Balaban J connectivity index is 1.40. The Kier molecular flexibility index (Phi) is 7.56. The van der Waals surface area contributed by atoms with Crippen LogP contribution in [0.15, 0.2) is 72.8 Å². The maximum atomic E-state index is 14.6. The van der Waals surface area contributed by atoms with Crippen LogP contribution in [-0.2, 0) is 25.6 Å². The van der Waals surface area contributed by atoms with Crippen molar-refractivity contribution in [3.63, 3.8) is 0 Å². The molecule has 10 heteroatoms. The Morgan fingerprint density at radius 1 is 0.814 bits per heavy atom. The van der Waals surface area contributed by atoms with Crippen LogP contribution in [0.25, 0.3) is 0 Å². The summed E-state index contributed by atoms with van der Waals surface area (Å²) in [6.45, 7) is 0.611. The number of nitrogens with one attached hydrogen (secondary N) is 1. The number of nitrogens with zero attached hydrogens (tertiary/aromatic N) is 2. The van der Waals surface area contributed by atoms with E-state index in [4.69, 9.17) is 5.73 Å². The summed E-state index contributed by atoms with van der Waals surface area (Å²) >= 11 is 0. The van der Waals surface area contributed by atoms with Gasteiger partial charge in [-0.3, -0.25) is 19.2 Å². The van der Waals surface area contributed by atoms with E-state index in [2.05, 4.69) is 5.32 Å². The van der Waals surface area contributed by atoms with Gasteiger partial charge in [0.1, 0.15) is 17.7 Å². The molecule has 3 amide bonds. The number of benzene rings is 3. The summed E-state index contributed by atoms with van der Waals surface area (Å²) in [5, 5.41) is 2.61. The Morgan fingerprint density at radius 2 is 1.30 bits per heavy atom. The molecular formula is C33H32F2N4O4. The van der Waals surface area contributed by atoms with Crippen molar-refractivity contribution in [3.05, 3.63) is 95.6 Å². The number of hydrogen-bond donors (Lipinski definition) is 2. The molecule has 1 aliphatic heterocycles. The zero-order valence-electron chi connectivity index (χ0n) is 23.5. The van der Waals surface area contributed by atoms with Crippen LogP contribution in [0.4, 0.5) is 20.2 Å². The Morgan fingerprint density at radius 3 is 1.79 bits per heavy atom. The molecule has 2 saturated carbocycles. The minimum atomic E-state index is -2.65. The van der Waals surface area contributed by atoms with Crippen LogP contribution < -0.4 is 20.9 Å². The summed E-state index contributed by atoms with van der Waals surface area (Å²) in [6, 6.07) is 16.5. The number of halogens is 2. The highest BCUT2D eigenvalue weighted by molar-refractivity contribution is 6.37. The normalized spacial score (nSPS) is 18.6. The number of ketones is 1. The van der Waals surface area contributed by atoms with Crippen molar-refractivity contribution in [2.24, 2.45) is 17.6 Å². The predicted molar refractivity (Wildman–Crippen MR) is 156 cm³/mol. The van der Waals surface area contributed by atoms with Gasteiger partial charge >= 0.3 is 0 Å². The van der Waals surface area contributed by atoms with E-state index in [0.29, 0.717) is 36.1 Å². The van der Waals surface area contributed by atoms with Crippen LogP contribution >= 0.6 is 0 Å². The van der Waals surface area contributed by atoms with Gasteiger partial charge < -0.3 is 20.9 Å². The lowest BCUT2D eigenvalue weighted by atomic mass is 9.84. The summed E-state index contributed by atoms with van der Waals surface area (Å²) in [4.78, 5) is 59.5. The lowest BCUT2D eigenvalue weighted by molar-refractivity contribution is -0.144. The molecule has 6 rings (SSSR count). The van der Waals surface area contributed by atoms with Crippen molar-refractivity contribution < 1.29 is 28.0 Å². The molecule has 0 aromatic heterocycles. The maximum Gasteiger partial charge on any atom is 0.264 e. The number of hydrogen-bond acceptors (Lipinski definition) is 5. The first kappa shape index (κ1) is 28.7. The van der Waals surface area contributed by atoms with Crippen molar-refractivity contribution in [2.75, 3.05) is 22.9 Å². The van der Waals surface area contributed by atoms with Crippen molar-refractivity contribution in [2.45, 2.75) is 43.7 Å². The highest BCUT2D eigenvalue weighted by Crippen LogP contribution is 2.42. The maximum absolute atomic E-state index is 14.6. The van der Waals surface area contributed by atoms with Gasteiger partial charge in [-0.25, -0.2) is 8.78 Å². The molecule has 0 unspecified atom stereocenters. The standard InChI is InChI=1S/C33H32F2N4O4/c34-24-14-22(15-25(35)17-24)16-28(40)37-29(23-6-2-1-3-7-23)30(41)33(36)31(42)38(18-20-10-11-20)26-8-4-5-9-27(26)39(32(33)43)19-21-12-13-21/h1-9,14-15,17,20-21,29H,10-13,16,18-19,36H2,(H,37,40)/t29-/m0/s1. The van der Waals surface area contributed by atoms with Gasteiger partial charge in [-0.15, -0.1) is 0 Å². The van der Waals surface area contributed by atoms with E-state index in [0.717, 1.165) is 37.8 Å². The fourth-order valence-corrected chi connectivity index (χ4v) is 5.63. The zero-order chi connectivity index (χ0) is 30.3. The molecular weight excluding hydrogens is 554 g/mol. The summed E-state index contributed by atoms with van der Waals surface area (Å²) in [7, 11) is 0. The molecule has 2 fully saturated rings. The number of anilines is 2. The van der Waals surface area contributed by atoms with Crippen molar-refractivity contribution in [1.29, 1.82) is 0 Å². The molecule has 2 aliphatic carbocycles. The van der Waals surface area contributed by atoms with Crippen LogP contribution in [0, 0.1) is 23.5 Å². The minimum absolute atomic E-state index is 0.0556. The first-order valence-corrected chi connectivity index (χ1v) is 14.5. The average molecular weight is 587 g/mol. The number of carbonyl (C=O) groups is 4. The number of para-hydroxylation sites is 2. The van der Waals surface area contributed by atoms with Gasteiger partial charge in [0.2, 0.25) is 11.4 Å². The van der Waals surface area contributed by atoms with E-state index in [1.165, 1.54) is 9.80 Å². The quantitative estimate of drug-likeness (QED) is 0.351. The van der Waals surface area contributed by atoms with Gasteiger partial charge in [0, 0.05) is 19.2 Å². The summed E-state index contributed by atoms with van der Waals surface area (Å²) in [6.07, 6.45) is 3.22. The van der Waals surface area contributed by atoms with Crippen LogP contribution in [0.3, 0.4) is 0 Å². The first-order chi connectivity index (χ1) is 20.6. The van der Waals surface area contributed by atoms with Crippen LogP contribution in [0.2, 0.25) is 0 Å². The molecule has 43 heavy (non-hydrogen) atoms. The van der Waals surface area contributed by atoms with E-state index < -0.39 is 53.1 Å². The van der Waals surface area contributed by atoms with Gasteiger partial charge in [0.15, 0.2) is 5.78 Å². The Bertz CT molecular complexity index is 1520. The molecule has 8 nitrogen and oxygen atoms in total. The molecule has 0 saturated heterocycles. The SMILES string of the molecule is NC1(C(=O)[C@@H](NC(=O)Cc2cc(F)cc(F)c2)c2ccccc2)C(=O)N(CC2CC2)c2ccccc2N(CC2CC2)C1=O. The monoisotopic (exact) mass is 586 g/mol. The molecule has 0 spiro atoms. The summed E-state index contributed by atoms with van der Waals surface area (Å²) in [5.74, 6) is -4.67. The average Bonchev–Trinajstić information content (AvgIpc) is 3.92. The smallest absolute Gasteiger partial charge is 0.264 e. The number of rotatable bonds is 10. The fourth-order valence-electron chi connectivity index (χ4n) is 5.63. The topological polar surface area (TPSA) is 113 Å². The third-order valence-electron chi connectivity index (χ3n) is 8.28. The molecule has 1 heterocycles. The Labute approximate surface area is 247 Å². The summed E-state index contributed by atoms with van der Waals surface area (Å²) in [5.41, 5.74) is 5.51. The molecule has 3 N–H and O–H groups in total. The van der Waals surface area contributed by atoms with E-state index in [-0.39, 0.29) is 17.4 Å². The second kappa shape index (κ2) is 11.3. The van der Waals surface area contributed by atoms with Gasteiger partial charge in [-0.1, -0.05) is 42.5 Å². The van der Waals surface area contributed by atoms with E-state index in [1.807, 2.05) is 0 Å². The first-order valence-electron chi connectivity index (χ1n) is 14.5. The second-order valence-corrected chi connectivity index (χ2v) is 11.7. The van der Waals surface area contributed by atoms with Crippen molar-refractivity contribution in [1.82, 2.24) is 5.32 Å². The second-order valence-electron chi connectivity index (χ2n) is 11.7. The lowest BCUT2D eigenvalue weighted by Crippen LogP contribution is -2.70. The molecule has 0 radical (unpaired) electrons. The van der Waals surface area contributed by atoms with Gasteiger partial charge in [-0.2, -0.15) is 0 Å². The molecule has 0 bridgehead atoms. The number of carbonyl (C=O) groups excluding carboxylic acids is 4. The van der Waals surface area contributed by atoms with E-state index in [9.17, 15) is 28.0 Å². The lowest BCUT2D eigenvalue weighted by Gasteiger charge is -2.33. The van der Waals surface area contributed by atoms with E-state index in [1.54, 1.807) is 54.6 Å².